The molecule has 1 aliphatic heterocycles. The normalized spacial score (nSPS) is 19.2. The van der Waals surface area contributed by atoms with E-state index in [2.05, 4.69) is 5.32 Å². The fourth-order valence-corrected chi connectivity index (χ4v) is 2.02. The van der Waals surface area contributed by atoms with E-state index < -0.39 is 24.2 Å². The molecule has 96 valence electrons. The van der Waals surface area contributed by atoms with Crippen LogP contribution in [0.2, 0.25) is 0 Å². The maximum atomic E-state index is 11.6. The van der Waals surface area contributed by atoms with Crippen LogP contribution in [0.25, 0.3) is 0 Å². The molecule has 5 heteroatoms. The number of nitrogens with one attached hydrogen (secondary N) is 1. The molecule has 2 unspecified atom stereocenters. The standard InChI is InChI=1S/C13H15NO4/c1-2-5-10(12(15)16)14-11-8-6-3-4-7-9(8)13(17)18-11/h3-4,6-7,10-11,14H,2,5H2,1H3,(H,15,16). The van der Waals surface area contributed by atoms with Crippen molar-refractivity contribution in [3.63, 3.8) is 0 Å². The number of rotatable bonds is 5. The van der Waals surface area contributed by atoms with Gasteiger partial charge in [-0.3, -0.25) is 10.1 Å². The van der Waals surface area contributed by atoms with Gasteiger partial charge in [-0.2, -0.15) is 0 Å². The molecule has 0 radical (unpaired) electrons. The Morgan fingerprint density at radius 2 is 2.22 bits per heavy atom. The Hall–Kier alpha value is -1.88. The van der Waals surface area contributed by atoms with Crippen molar-refractivity contribution in [2.45, 2.75) is 32.0 Å². The summed E-state index contributed by atoms with van der Waals surface area (Å²) in [5.41, 5.74) is 1.19. The smallest absolute Gasteiger partial charge is 0.340 e. The van der Waals surface area contributed by atoms with Gasteiger partial charge in [0.15, 0.2) is 6.23 Å². The lowest BCUT2D eigenvalue weighted by molar-refractivity contribution is -0.140. The van der Waals surface area contributed by atoms with Gasteiger partial charge >= 0.3 is 11.9 Å². The highest BCUT2D eigenvalue weighted by atomic mass is 16.6. The summed E-state index contributed by atoms with van der Waals surface area (Å²) in [7, 11) is 0. The Bertz CT molecular complexity index is 472. The first-order valence-corrected chi connectivity index (χ1v) is 5.92. The first-order valence-electron chi connectivity index (χ1n) is 5.92. The van der Waals surface area contributed by atoms with Crippen molar-refractivity contribution < 1.29 is 19.4 Å². The monoisotopic (exact) mass is 249 g/mol. The van der Waals surface area contributed by atoms with Crippen LogP contribution in [0.3, 0.4) is 0 Å². The molecule has 0 aliphatic carbocycles. The van der Waals surface area contributed by atoms with Crippen LogP contribution < -0.4 is 5.32 Å². The highest BCUT2D eigenvalue weighted by molar-refractivity contribution is 5.94. The van der Waals surface area contributed by atoms with E-state index in [9.17, 15) is 9.59 Å². The summed E-state index contributed by atoms with van der Waals surface area (Å²) in [6, 6.07) is 6.28. The van der Waals surface area contributed by atoms with Crippen molar-refractivity contribution >= 4 is 11.9 Å². The summed E-state index contributed by atoms with van der Waals surface area (Å²) >= 11 is 0. The van der Waals surface area contributed by atoms with Crippen molar-refractivity contribution in [3.05, 3.63) is 35.4 Å². The summed E-state index contributed by atoms with van der Waals surface area (Å²) in [6.45, 7) is 1.91. The Labute approximate surface area is 105 Å². The largest absolute Gasteiger partial charge is 0.480 e. The number of carbonyl (C=O) groups excluding carboxylic acids is 1. The van der Waals surface area contributed by atoms with Gasteiger partial charge in [-0.15, -0.1) is 0 Å². The molecule has 2 rings (SSSR count). The maximum absolute atomic E-state index is 11.6. The van der Waals surface area contributed by atoms with E-state index in [0.29, 0.717) is 17.5 Å². The molecule has 0 saturated carbocycles. The Morgan fingerprint density at radius 1 is 1.50 bits per heavy atom. The van der Waals surface area contributed by atoms with Crippen LogP contribution in [0, 0.1) is 0 Å². The van der Waals surface area contributed by atoms with Gasteiger partial charge in [0, 0.05) is 5.56 Å². The van der Waals surface area contributed by atoms with Gasteiger partial charge in [-0.25, -0.2) is 4.79 Å². The van der Waals surface area contributed by atoms with E-state index >= 15 is 0 Å². The number of carboxylic acid groups (broad SMARTS) is 1. The second kappa shape index (κ2) is 5.18. The molecule has 0 amide bonds. The van der Waals surface area contributed by atoms with E-state index in [0.717, 1.165) is 6.42 Å². The average molecular weight is 249 g/mol. The highest BCUT2D eigenvalue weighted by Gasteiger charge is 2.33. The zero-order chi connectivity index (χ0) is 13.1. The molecule has 1 aromatic rings. The van der Waals surface area contributed by atoms with E-state index in [4.69, 9.17) is 9.84 Å². The summed E-state index contributed by atoms with van der Waals surface area (Å²) in [5, 5.41) is 11.9. The highest BCUT2D eigenvalue weighted by Crippen LogP contribution is 2.28. The van der Waals surface area contributed by atoms with Crippen LogP contribution in [-0.2, 0) is 9.53 Å². The molecule has 1 aliphatic rings. The lowest BCUT2D eigenvalue weighted by Gasteiger charge is -2.18. The first-order chi connectivity index (χ1) is 8.63. The van der Waals surface area contributed by atoms with E-state index in [1.807, 2.05) is 6.92 Å². The fourth-order valence-electron chi connectivity index (χ4n) is 2.02. The minimum atomic E-state index is -0.933. The number of carboxylic acids is 1. The van der Waals surface area contributed by atoms with Crippen LogP contribution in [0.1, 0.15) is 41.9 Å². The Balaban J connectivity index is 2.16. The van der Waals surface area contributed by atoms with Crippen LogP contribution >= 0.6 is 0 Å². The summed E-state index contributed by atoms with van der Waals surface area (Å²) < 4.78 is 5.15. The number of esters is 1. The van der Waals surface area contributed by atoms with Crippen LogP contribution in [-0.4, -0.2) is 23.1 Å². The number of aliphatic carboxylic acids is 1. The molecule has 0 fully saturated rings. The summed E-state index contributed by atoms with van der Waals surface area (Å²) in [4.78, 5) is 22.6. The van der Waals surface area contributed by atoms with Crippen molar-refractivity contribution in [2.75, 3.05) is 0 Å². The molecule has 0 bridgehead atoms. The van der Waals surface area contributed by atoms with Gasteiger partial charge < -0.3 is 9.84 Å². The molecule has 0 spiro atoms. The predicted molar refractivity (Wildman–Crippen MR) is 64.1 cm³/mol. The van der Waals surface area contributed by atoms with Crippen molar-refractivity contribution in [1.82, 2.24) is 5.32 Å². The molecular formula is C13H15NO4. The van der Waals surface area contributed by atoms with Crippen molar-refractivity contribution in [1.29, 1.82) is 0 Å². The topological polar surface area (TPSA) is 75.6 Å². The molecule has 2 N–H and O–H groups in total. The quantitative estimate of drug-likeness (QED) is 0.777. The molecule has 0 aromatic heterocycles. The van der Waals surface area contributed by atoms with Gasteiger partial charge in [-0.1, -0.05) is 31.5 Å². The molecule has 1 heterocycles. The lowest BCUT2D eigenvalue weighted by atomic mass is 10.1. The first kappa shape index (κ1) is 12.6. The van der Waals surface area contributed by atoms with E-state index in [1.165, 1.54) is 0 Å². The lowest BCUT2D eigenvalue weighted by Crippen LogP contribution is -2.39. The summed E-state index contributed by atoms with van der Waals surface area (Å²) in [6.07, 6.45) is 0.569. The molecule has 5 nitrogen and oxygen atoms in total. The molecule has 2 atom stereocenters. The second-order valence-electron chi connectivity index (χ2n) is 4.22. The minimum Gasteiger partial charge on any atom is -0.480 e. The van der Waals surface area contributed by atoms with Crippen molar-refractivity contribution in [2.24, 2.45) is 0 Å². The Morgan fingerprint density at radius 3 is 2.89 bits per heavy atom. The number of hydrogen-bond donors (Lipinski definition) is 2. The van der Waals surface area contributed by atoms with E-state index in [1.54, 1.807) is 24.3 Å². The number of hydrogen-bond acceptors (Lipinski definition) is 4. The van der Waals surface area contributed by atoms with Crippen LogP contribution in [0.15, 0.2) is 24.3 Å². The van der Waals surface area contributed by atoms with Crippen molar-refractivity contribution in [3.8, 4) is 0 Å². The number of benzene rings is 1. The minimum absolute atomic E-state index is 0.413. The number of ether oxygens (including phenoxy) is 1. The van der Waals surface area contributed by atoms with Crippen LogP contribution in [0.4, 0.5) is 0 Å². The number of carbonyl (C=O) groups is 2. The number of cyclic esters (lactones) is 1. The SMILES string of the molecule is CCCC(NC1OC(=O)c2ccccc21)C(=O)O. The van der Waals surface area contributed by atoms with E-state index in [-0.39, 0.29) is 0 Å². The average Bonchev–Trinajstić information content (AvgIpc) is 2.66. The third kappa shape index (κ3) is 2.36. The molecule has 18 heavy (non-hydrogen) atoms. The second-order valence-corrected chi connectivity index (χ2v) is 4.22. The molecular weight excluding hydrogens is 234 g/mol. The van der Waals surface area contributed by atoms with Gasteiger partial charge in [-0.05, 0) is 12.5 Å². The van der Waals surface area contributed by atoms with Gasteiger partial charge in [0.2, 0.25) is 0 Å². The zero-order valence-electron chi connectivity index (χ0n) is 10.1. The van der Waals surface area contributed by atoms with Crippen LogP contribution in [0.5, 0.6) is 0 Å². The zero-order valence-corrected chi connectivity index (χ0v) is 10.1. The number of fused-ring (bicyclic) bond motifs is 1. The third-order valence-corrected chi connectivity index (χ3v) is 2.92. The summed E-state index contributed by atoms with van der Waals surface area (Å²) in [5.74, 6) is -1.35. The molecule has 0 saturated heterocycles. The Kier molecular flexibility index (Phi) is 3.62. The predicted octanol–water partition coefficient (Wildman–Crippen LogP) is 1.70. The van der Waals surface area contributed by atoms with Gasteiger partial charge in [0.25, 0.3) is 0 Å². The van der Waals surface area contributed by atoms with Gasteiger partial charge in [0.05, 0.1) is 5.56 Å². The third-order valence-electron chi connectivity index (χ3n) is 2.92. The van der Waals surface area contributed by atoms with Gasteiger partial charge in [0.1, 0.15) is 6.04 Å². The molecule has 1 aromatic carbocycles. The maximum Gasteiger partial charge on any atom is 0.340 e. The fraction of sp³-hybridized carbons (Fsp3) is 0.385.